The zero-order valence-electron chi connectivity index (χ0n) is 6.94. The van der Waals surface area contributed by atoms with Crippen molar-refractivity contribution < 1.29 is 5.11 Å². The average Bonchev–Trinajstić information content (AvgIpc) is 1.63. The fourth-order valence-electron chi connectivity index (χ4n) is 1.02. The summed E-state index contributed by atoms with van der Waals surface area (Å²) < 4.78 is 0. The highest BCUT2D eigenvalue weighted by Gasteiger charge is 2.18. The molecule has 0 aromatic carbocycles. The molecular weight excluding hydrogens is 160 g/mol. The predicted molar refractivity (Wildman–Crippen MR) is 53.3 cm³/mol. The second-order valence-corrected chi connectivity index (χ2v) is 9.21. The number of rotatable bonds is 3. The van der Waals surface area contributed by atoms with E-state index >= 15 is 0 Å². The lowest BCUT2D eigenvalue weighted by Crippen LogP contribution is -2.31. The first-order valence-corrected chi connectivity index (χ1v) is 9.24. The van der Waals surface area contributed by atoms with Gasteiger partial charge >= 0.3 is 0 Å². The molecule has 0 bridgehead atoms. The molecular formula is C5H18OSi3. The Bertz CT molecular complexity index is 82.3. The first-order chi connectivity index (χ1) is 3.98. The van der Waals surface area contributed by atoms with E-state index in [-0.39, 0.29) is 5.22 Å². The van der Waals surface area contributed by atoms with E-state index in [1.807, 2.05) is 0 Å². The van der Waals surface area contributed by atoms with Gasteiger partial charge in [0.2, 0.25) is 0 Å². The molecule has 1 atom stereocenters. The molecule has 0 saturated heterocycles. The smallest absolute Gasteiger partial charge is 0.0420 e. The van der Waals surface area contributed by atoms with Gasteiger partial charge in [0.15, 0.2) is 0 Å². The van der Waals surface area contributed by atoms with Crippen LogP contribution in [0.1, 0.15) is 0 Å². The van der Waals surface area contributed by atoms with Crippen LogP contribution in [0, 0.1) is 0 Å². The Morgan fingerprint density at radius 2 is 2.00 bits per heavy atom. The highest BCUT2D eigenvalue weighted by atomic mass is 28.3. The van der Waals surface area contributed by atoms with Crippen LogP contribution >= 0.6 is 0 Å². The van der Waals surface area contributed by atoms with Crippen molar-refractivity contribution in [2.45, 2.75) is 30.4 Å². The maximum absolute atomic E-state index is 9.62. The molecule has 0 aromatic rings. The van der Waals surface area contributed by atoms with Crippen molar-refractivity contribution in [2.24, 2.45) is 0 Å². The van der Waals surface area contributed by atoms with E-state index in [1.165, 1.54) is 0 Å². The normalized spacial score (nSPS) is 18.7. The van der Waals surface area contributed by atoms with E-state index < -0.39 is 8.80 Å². The molecule has 1 N–H and O–H groups in total. The van der Waals surface area contributed by atoms with Crippen LogP contribution in [-0.4, -0.2) is 39.6 Å². The summed E-state index contributed by atoms with van der Waals surface area (Å²) in [6, 6.07) is 2.23. The topological polar surface area (TPSA) is 20.2 Å². The van der Waals surface area contributed by atoms with Crippen LogP contribution in [0.15, 0.2) is 0 Å². The fraction of sp³-hybridized carbons (Fsp3) is 1.00. The number of hydrogen-bond acceptors (Lipinski definition) is 1. The van der Waals surface area contributed by atoms with E-state index in [2.05, 4.69) is 13.1 Å². The van der Waals surface area contributed by atoms with Gasteiger partial charge in [-0.15, -0.1) is 0 Å². The van der Waals surface area contributed by atoms with E-state index in [1.54, 1.807) is 0 Å². The summed E-state index contributed by atoms with van der Waals surface area (Å²) in [5.74, 6) is 0. The van der Waals surface area contributed by atoms with Gasteiger partial charge in [-0.2, -0.15) is 0 Å². The third-order valence-electron chi connectivity index (χ3n) is 1.61. The Kier molecular flexibility index (Phi) is 3.95. The number of hydrogen-bond donors (Lipinski definition) is 1. The van der Waals surface area contributed by atoms with Gasteiger partial charge in [-0.05, 0) is 12.1 Å². The Morgan fingerprint density at radius 1 is 1.56 bits per heavy atom. The molecule has 0 radical (unpaired) electrons. The van der Waals surface area contributed by atoms with Crippen molar-refractivity contribution >= 4 is 29.3 Å². The van der Waals surface area contributed by atoms with Crippen LogP contribution in [0.3, 0.4) is 0 Å². The average molecular weight is 178 g/mol. The summed E-state index contributed by atoms with van der Waals surface area (Å²) >= 11 is 0. The molecule has 56 valence electrons. The molecule has 0 aliphatic rings. The van der Waals surface area contributed by atoms with Gasteiger partial charge in [0.05, 0.1) is 0 Å². The molecule has 1 unspecified atom stereocenters. The predicted octanol–water partition coefficient (Wildman–Crippen LogP) is -1.69. The minimum absolute atomic E-state index is 0.174. The van der Waals surface area contributed by atoms with Gasteiger partial charge in [-0.1, -0.05) is 13.1 Å². The molecule has 9 heavy (non-hydrogen) atoms. The summed E-state index contributed by atoms with van der Waals surface area (Å²) in [4.78, 5) is 0. The van der Waals surface area contributed by atoms with Crippen LogP contribution in [0.2, 0.25) is 25.2 Å². The quantitative estimate of drug-likeness (QED) is 0.512. The summed E-state index contributed by atoms with van der Waals surface area (Å²) in [6.45, 7) is 4.61. The first kappa shape index (κ1) is 9.61. The Labute approximate surface area is 65.3 Å². The molecule has 1 nitrogen and oxygen atoms in total. The maximum atomic E-state index is 9.62. The van der Waals surface area contributed by atoms with E-state index in [0.29, 0.717) is 0 Å². The van der Waals surface area contributed by atoms with Crippen molar-refractivity contribution in [3.63, 3.8) is 0 Å². The van der Waals surface area contributed by atoms with E-state index in [9.17, 15) is 5.11 Å². The van der Waals surface area contributed by atoms with Gasteiger partial charge in [-0.25, -0.2) is 0 Å². The highest BCUT2D eigenvalue weighted by molar-refractivity contribution is 6.57. The third-order valence-corrected chi connectivity index (χ3v) is 8.18. The molecule has 0 saturated carbocycles. The zero-order valence-corrected chi connectivity index (χ0v) is 12.1. The summed E-state index contributed by atoms with van der Waals surface area (Å²) in [5.41, 5.74) is 0. The fourth-order valence-corrected chi connectivity index (χ4v) is 6.39. The molecule has 0 spiro atoms. The highest BCUT2D eigenvalue weighted by Crippen LogP contribution is 2.12. The van der Waals surface area contributed by atoms with Crippen molar-refractivity contribution in [3.8, 4) is 0 Å². The molecule has 4 heteroatoms. The van der Waals surface area contributed by atoms with Gasteiger partial charge < -0.3 is 5.11 Å². The van der Waals surface area contributed by atoms with Crippen molar-refractivity contribution in [2.75, 3.05) is 0 Å². The third kappa shape index (κ3) is 5.08. The van der Waals surface area contributed by atoms with Crippen LogP contribution in [-0.2, 0) is 0 Å². The molecule has 0 aliphatic carbocycles. The van der Waals surface area contributed by atoms with Crippen LogP contribution in [0.4, 0.5) is 0 Å². The minimum atomic E-state index is -0.506. The molecule has 0 rings (SSSR count). The summed E-state index contributed by atoms with van der Waals surface area (Å²) in [6.07, 6.45) is 0. The largest absolute Gasteiger partial charge is 0.395 e. The second kappa shape index (κ2) is 3.70. The van der Waals surface area contributed by atoms with Crippen molar-refractivity contribution in [1.29, 1.82) is 0 Å². The molecule has 0 aliphatic heterocycles. The molecule has 0 fully saturated rings. The molecule has 0 aromatic heterocycles. The molecule has 0 amide bonds. The first-order valence-electron chi connectivity index (χ1n) is 3.70. The van der Waals surface area contributed by atoms with Crippen LogP contribution in [0.5, 0.6) is 0 Å². The Hall–Kier alpha value is 0.611. The maximum Gasteiger partial charge on any atom is 0.0420 e. The Balaban J connectivity index is 3.58. The standard InChI is InChI=1S/C5H18OSi3/c1-9(2)4-5(6,8)3-7/h6,9H,3-4H2,1-2,7-8H3. The zero-order chi connectivity index (χ0) is 7.49. The van der Waals surface area contributed by atoms with Crippen molar-refractivity contribution in [3.05, 3.63) is 0 Å². The SMILES string of the molecule is C[SiH](C)CC(O)([SiH3])C[SiH3]. The summed E-state index contributed by atoms with van der Waals surface area (Å²) in [5, 5.41) is 9.45. The lowest BCUT2D eigenvalue weighted by molar-refractivity contribution is 0.169. The van der Waals surface area contributed by atoms with Gasteiger partial charge in [0.25, 0.3) is 0 Å². The second-order valence-electron chi connectivity index (χ2n) is 3.45. The van der Waals surface area contributed by atoms with Crippen molar-refractivity contribution in [1.82, 2.24) is 0 Å². The van der Waals surface area contributed by atoms with E-state index in [4.69, 9.17) is 0 Å². The van der Waals surface area contributed by atoms with Crippen LogP contribution in [0.25, 0.3) is 0 Å². The number of aliphatic hydroxyl groups is 1. The Morgan fingerprint density at radius 3 is 2.11 bits per heavy atom. The molecule has 0 heterocycles. The lowest BCUT2D eigenvalue weighted by Gasteiger charge is -2.22. The van der Waals surface area contributed by atoms with Gasteiger partial charge in [0, 0.05) is 34.5 Å². The van der Waals surface area contributed by atoms with Gasteiger partial charge in [-0.3, -0.25) is 0 Å². The lowest BCUT2D eigenvalue weighted by atomic mass is 10.4. The monoisotopic (exact) mass is 178 g/mol. The van der Waals surface area contributed by atoms with Crippen LogP contribution < -0.4 is 0 Å². The summed E-state index contributed by atoms with van der Waals surface area (Å²) in [7, 11) is 1.63. The van der Waals surface area contributed by atoms with Gasteiger partial charge in [0.1, 0.15) is 0 Å². The minimum Gasteiger partial charge on any atom is -0.395 e. The van der Waals surface area contributed by atoms with E-state index in [0.717, 1.165) is 32.6 Å².